The van der Waals surface area contributed by atoms with Crippen LogP contribution in [0.3, 0.4) is 0 Å². The van der Waals surface area contributed by atoms with E-state index in [9.17, 15) is 0 Å². The van der Waals surface area contributed by atoms with E-state index in [2.05, 4.69) is 30.9 Å². The molecule has 0 saturated heterocycles. The van der Waals surface area contributed by atoms with Gasteiger partial charge in [-0.25, -0.2) is 0 Å². The van der Waals surface area contributed by atoms with Gasteiger partial charge in [-0.15, -0.1) is 0 Å². The van der Waals surface area contributed by atoms with Gasteiger partial charge in [-0.05, 0) is 13.8 Å². The van der Waals surface area contributed by atoms with Crippen LogP contribution in [0, 0.1) is 5.92 Å². The minimum atomic E-state index is 0.671. The zero-order valence-electron chi connectivity index (χ0n) is 6.39. The first-order valence-corrected chi connectivity index (χ1v) is 3.54. The second kappa shape index (κ2) is 2.38. The summed E-state index contributed by atoms with van der Waals surface area (Å²) in [5, 5.41) is 6.45. The zero-order chi connectivity index (χ0) is 6.85. The van der Waals surface area contributed by atoms with Crippen molar-refractivity contribution < 1.29 is 0 Å². The lowest BCUT2D eigenvalue weighted by Gasteiger charge is -2.09. The van der Waals surface area contributed by atoms with Gasteiger partial charge >= 0.3 is 0 Å². The van der Waals surface area contributed by atoms with Crippen LogP contribution in [0.1, 0.15) is 20.8 Å². The normalized spacial score (nSPS) is 26.8. The summed E-state index contributed by atoms with van der Waals surface area (Å²) in [5.41, 5.74) is 1.27. The van der Waals surface area contributed by atoms with E-state index in [4.69, 9.17) is 0 Å². The fourth-order valence-electron chi connectivity index (χ4n) is 1.01. The van der Waals surface area contributed by atoms with Crippen LogP contribution in [0.25, 0.3) is 0 Å². The lowest BCUT2D eigenvalue weighted by molar-refractivity contribution is 0.317. The molecule has 1 aliphatic rings. The first kappa shape index (κ1) is 6.59. The molecule has 2 heteroatoms. The maximum atomic E-state index is 4.34. The molecule has 0 N–H and O–H groups in total. The van der Waals surface area contributed by atoms with Crippen molar-refractivity contribution in [2.24, 2.45) is 11.0 Å². The van der Waals surface area contributed by atoms with E-state index in [1.807, 2.05) is 0 Å². The Hall–Kier alpha value is -0.530. The van der Waals surface area contributed by atoms with E-state index < -0.39 is 0 Å². The summed E-state index contributed by atoms with van der Waals surface area (Å²) < 4.78 is 0. The third kappa shape index (κ3) is 1.23. The first-order valence-electron chi connectivity index (χ1n) is 3.54. The molecule has 1 aliphatic heterocycles. The Bertz CT molecular complexity index is 129. The fourth-order valence-corrected chi connectivity index (χ4v) is 1.01. The summed E-state index contributed by atoms with van der Waals surface area (Å²) >= 11 is 0. The van der Waals surface area contributed by atoms with Gasteiger partial charge in [-0.3, -0.25) is 5.01 Å². The molecule has 0 fully saturated rings. The number of hydrazone groups is 1. The predicted molar refractivity (Wildman–Crippen MR) is 39.5 cm³/mol. The lowest BCUT2D eigenvalue weighted by Crippen LogP contribution is -2.16. The van der Waals surface area contributed by atoms with Crippen molar-refractivity contribution in [2.45, 2.75) is 20.8 Å². The van der Waals surface area contributed by atoms with Crippen molar-refractivity contribution in [3.05, 3.63) is 0 Å². The topological polar surface area (TPSA) is 15.6 Å². The molecule has 0 aromatic heterocycles. The van der Waals surface area contributed by atoms with Crippen LogP contribution < -0.4 is 0 Å². The Labute approximate surface area is 56.5 Å². The minimum Gasteiger partial charge on any atom is -0.297 e. The van der Waals surface area contributed by atoms with E-state index in [-0.39, 0.29) is 0 Å². The third-order valence-corrected chi connectivity index (χ3v) is 1.86. The molecule has 0 aromatic carbocycles. The van der Waals surface area contributed by atoms with Gasteiger partial charge in [-0.2, -0.15) is 5.10 Å². The van der Waals surface area contributed by atoms with Gasteiger partial charge < -0.3 is 0 Å². The molecule has 1 rings (SSSR count). The highest BCUT2D eigenvalue weighted by molar-refractivity contribution is 5.85. The minimum absolute atomic E-state index is 0.671. The second-order valence-corrected chi connectivity index (χ2v) is 2.65. The van der Waals surface area contributed by atoms with E-state index in [0.717, 1.165) is 13.1 Å². The molecule has 0 spiro atoms. The van der Waals surface area contributed by atoms with Gasteiger partial charge in [0, 0.05) is 24.7 Å². The quantitative estimate of drug-likeness (QED) is 0.517. The average molecular weight is 126 g/mol. The van der Waals surface area contributed by atoms with Crippen LogP contribution in [0.2, 0.25) is 0 Å². The molecular weight excluding hydrogens is 112 g/mol. The summed E-state index contributed by atoms with van der Waals surface area (Å²) in [7, 11) is 0. The van der Waals surface area contributed by atoms with Crippen molar-refractivity contribution >= 4 is 5.71 Å². The highest BCUT2D eigenvalue weighted by Crippen LogP contribution is 2.11. The van der Waals surface area contributed by atoms with Crippen LogP contribution in [0.5, 0.6) is 0 Å². The SMILES string of the molecule is CCN1CC(C)C(C)=N1. The molecule has 1 atom stereocenters. The van der Waals surface area contributed by atoms with Gasteiger partial charge in [0.1, 0.15) is 0 Å². The largest absolute Gasteiger partial charge is 0.297 e. The highest BCUT2D eigenvalue weighted by Gasteiger charge is 2.16. The van der Waals surface area contributed by atoms with E-state index >= 15 is 0 Å². The molecule has 1 unspecified atom stereocenters. The summed E-state index contributed by atoms with van der Waals surface area (Å²) in [6, 6.07) is 0. The van der Waals surface area contributed by atoms with Crippen LogP contribution >= 0.6 is 0 Å². The summed E-state index contributed by atoms with van der Waals surface area (Å²) in [4.78, 5) is 0. The number of nitrogens with zero attached hydrogens (tertiary/aromatic N) is 2. The highest BCUT2D eigenvalue weighted by atomic mass is 15.5. The Morgan fingerprint density at radius 3 is 2.67 bits per heavy atom. The Balaban J connectivity index is 2.52. The van der Waals surface area contributed by atoms with Crippen molar-refractivity contribution in [1.82, 2.24) is 5.01 Å². The fraction of sp³-hybridized carbons (Fsp3) is 0.857. The van der Waals surface area contributed by atoms with Crippen molar-refractivity contribution in [3.63, 3.8) is 0 Å². The molecule has 0 aromatic rings. The van der Waals surface area contributed by atoms with Gasteiger partial charge in [0.2, 0.25) is 0 Å². The third-order valence-electron chi connectivity index (χ3n) is 1.86. The smallest absolute Gasteiger partial charge is 0.0438 e. The zero-order valence-corrected chi connectivity index (χ0v) is 6.39. The Morgan fingerprint density at radius 2 is 2.44 bits per heavy atom. The van der Waals surface area contributed by atoms with Gasteiger partial charge in [-0.1, -0.05) is 6.92 Å². The van der Waals surface area contributed by atoms with Gasteiger partial charge in [0.15, 0.2) is 0 Å². The first-order chi connectivity index (χ1) is 4.24. The molecule has 9 heavy (non-hydrogen) atoms. The summed E-state index contributed by atoms with van der Waals surface area (Å²) in [5.74, 6) is 0.671. The lowest BCUT2D eigenvalue weighted by atomic mass is 10.1. The van der Waals surface area contributed by atoms with Gasteiger partial charge in [0.25, 0.3) is 0 Å². The molecule has 0 bridgehead atoms. The van der Waals surface area contributed by atoms with E-state index in [0.29, 0.717) is 5.92 Å². The molecule has 0 aliphatic carbocycles. The van der Waals surface area contributed by atoms with Crippen molar-refractivity contribution in [2.75, 3.05) is 13.1 Å². The van der Waals surface area contributed by atoms with Crippen molar-refractivity contribution in [3.8, 4) is 0 Å². The maximum Gasteiger partial charge on any atom is 0.0438 e. The molecule has 0 amide bonds. The maximum absolute atomic E-state index is 4.34. The van der Waals surface area contributed by atoms with Crippen LogP contribution in [-0.4, -0.2) is 23.8 Å². The van der Waals surface area contributed by atoms with Crippen molar-refractivity contribution in [1.29, 1.82) is 0 Å². The van der Waals surface area contributed by atoms with E-state index in [1.54, 1.807) is 0 Å². The van der Waals surface area contributed by atoms with E-state index in [1.165, 1.54) is 5.71 Å². The second-order valence-electron chi connectivity index (χ2n) is 2.65. The molecule has 1 heterocycles. The van der Waals surface area contributed by atoms with Gasteiger partial charge in [0.05, 0.1) is 0 Å². The predicted octanol–water partition coefficient (Wildman–Crippen LogP) is 1.33. The summed E-state index contributed by atoms with van der Waals surface area (Å²) in [6.07, 6.45) is 0. The van der Waals surface area contributed by atoms with Crippen LogP contribution in [-0.2, 0) is 0 Å². The van der Waals surface area contributed by atoms with Crippen LogP contribution in [0.4, 0.5) is 0 Å². The molecular formula is C7H14N2. The Kier molecular flexibility index (Phi) is 1.74. The monoisotopic (exact) mass is 126 g/mol. The number of hydrogen-bond donors (Lipinski definition) is 0. The molecule has 0 saturated carbocycles. The number of hydrogen-bond acceptors (Lipinski definition) is 2. The Morgan fingerprint density at radius 1 is 1.78 bits per heavy atom. The summed E-state index contributed by atoms with van der Waals surface area (Å²) in [6.45, 7) is 8.60. The average Bonchev–Trinajstić information content (AvgIpc) is 2.13. The number of rotatable bonds is 1. The standard InChI is InChI=1S/C7H14N2/c1-4-9-5-6(2)7(3)8-9/h6H,4-5H2,1-3H3. The molecule has 2 nitrogen and oxygen atoms in total. The molecule has 52 valence electrons. The van der Waals surface area contributed by atoms with Crippen LogP contribution in [0.15, 0.2) is 5.10 Å². The molecule has 0 radical (unpaired) electrons.